The van der Waals surface area contributed by atoms with Crippen molar-refractivity contribution in [1.82, 2.24) is 4.73 Å². The summed E-state index contributed by atoms with van der Waals surface area (Å²) in [7, 11) is -1.91. The Labute approximate surface area is 55.3 Å². The van der Waals surface area contributed by atoms with Crippen LogP contribution in [0.4, 0.5) is 4.79 Å². The molecule has 0 aliphatic rings. The van der Waals surface area contributed by atoms with Gasteiger partial charge in [-0.25, -0.2) is 9.52 Å². The molecule has 0 bridgehead atoms. The number of primary amides is 1. The van der Waals surface area contributed by atoms with E-state index in [9.17, 15) is 4.79 Å². The van der Waals surface area contributed by atoms with Crippen LogP contribution in [-0.2, 0) is 0 Å². The molecule has 0 rings (SSSR count). The fourth-order valence-corrected chi connectivity index (χ4v) is 0.992. The van der Waals surface area contributed by atoms with Gasteiger partial charge in [0.2, 0.25) is 0 Å². The fourth-order valence-electron chi connectivity index (χ4n) is 0.331. The summed E-state index contributed by atoms with van der Waals surface area (Å²) in [5, 5.41) is 8.88. The summed E-state index contributed by atoms with van der Waals surface area (Å²) in [5.41, 5.74) is 4.79. The number of urea groups is 1. The standard InChI is InChI=1S/C4H12N2O2Si/c1-9(2,3)6(8)4(5)7/h8H,1-3H3,(H2,5,7). The molecule has 0 spiro atoms. The molecule has 0 aliphatic carbocycles. The van der Waals surface area contributed by atoms with Gasteiger partial charge in [-0.3, -0.25) is 5.21 Å². The van der Waals surface area contributed by atoms with Crippen LogP contribution in [-0.4, -0.2) is 24.2 Å². The Balaban J connectivity index is 4.04. The van der Waals surface area contributed by atoms with Crippen molar-refractivity contribution in [3.8, 4) is 0 Å². The largest absolute Gasteiger partial charge is 0.350 e. The van der Waals surface area contributed by atoms with Crippen molar-refractivity contribution in [1.29, 1.82) is 0 Å². The molecule has 0 unspecified atom stereocenters. The monoisotopic (exact) mass is 148 g/mol. The first-order valence-corrected chi connectivity index (χ1v) is 6.09. The lowest BCUT2D eigenvalue weighted by Crippen LogP contribution is -2.49. The highest BCUT2D eigenvalue weighted by molar-refractivity contribution is 6.74. The maximum atomic E-state index is 10.3. The number of rotatable bonds is 1. The van der Waals surface area contributed by atoms with Gasteiger partial charge in [0.25, 0.3) is 0 Å². The average Bonchev–Trinajstić information content (AvgIpc) is 1.62. The van der Waals surface area contributed by atoms with E-state index in [-0.39, 0.29) is 0 Å². The van der Waals surface area contributed by atoms with Crippen LogP contribution in [0.5, 0.6) is 0 Å². The minimum Gasteiger partial charge on any atom is -0.350 e. The number of carbonyl (C=O) groups excluding carboxylic acids is 1. The Morgan fingerprint density at radius 2 is 1.89 bits per heavy atom. The Morgan fingerprint density at radius 1 is 1.56 bits per heavy atom. The summed E-state index contributed by atoms with van der Waals surface area (Å²) in [6, 6.07) is -0.769. The molecule has 0 aromatic carbocycles. The lowest BCUT2D eigenvalue weighted by atomic mass is 11.2. The molecular weight excluding hydrogens is 136 g/mol. The third-order valence-electron chi connectivity index (χ3n) is 0.844. The molecule has 5 heteroatoms. The molecule has 0 atom stereocenters. The summed E-state index contributed by atoms with van der Waals surface area (Å²) in [4.78, 5) is 10.3. The van der Waals surface area contributed by atoms with E-state index in [1.54, 1.807) is 0 Å². The van der Waals surface area contributed by atoms with Crippen LogP contribution < -0.4 is 5.73 Å². The average molecular weight is 148 g/mol. The normalized spacial score (nSPS) is 11.1. The third-order valence-corrected chi connectivity index (χ3v) is 2.34. The summed E-state index contributed by atoms with van der Waals surface area (Å²) in [6.07, 6.45) is 0. The van der Waals surface area contributed by atoms with Gasteiger partial charge in [-0.05, 0) is 19.6 Å². The minimum atomic E-state index is -1.91. The maximum Gasteiger partial charge on any atom is 0.329 e. The van der Waals surface area contributed by atoms with Crippen LogP contribution in [0.25, 0.3) is 0 Å². The van der Waals surface area contributed by atoms with Gasteiger partial charge in [0.05, 0.1) is 0 Å². The zero-order valence-corrected chi connectivity index (χ0v) is 6.88. The molecule has 9 heavy (non-hydrogen) atoms. The molecule has 0 saturated carbocycles. The predicted octanol–water partition coefficient (Wildman–Crippen LogP) is 0.591. The zero-order valence-electron chi connectivity index (χ0n) is 5.88. The summed E-state index contributed by atoms with van der Waals surface area (Å²) < 4.78 is 0.632. The third kappa shape index (κ3) is 2.48. The number of nitrogens with zero attached hydrogens (tertiary/aromatic N) is 1. The number of hydroxylamine groups is 1. The van der Waals surface area contributed by atoms with Crippen molar-refractivity contribution in [3.05, 3.63) is 0 Å². The Hall–Kier alpha value is -0.553. The summed E-state index contributed by atoms with van der Waals surface area (Å²) in [6.45, 7) is 5.45. The molecule has 3 N–H and O–H groups in total. The highest BCUT2D eigenvalue weighted by Gasteiger charge is 2.25. The van der Waals surface area contributed by atoms with Gasteiger partial charge in [-0.15, -0.1) is 0 Å². The fraction of sp³-hybridized carbons (Fsp3) is 0.750. The topological polar surface area (TPSA) is 66.6 Å². The smallest absolute Gasteiger partial charge is 0.329 e. The Bertz CT molecular complexity index is 120. The van der Waals surface area contributed by atoms with Crippen molar-refractivity contribution in [2.45, 2.75) is 19.6 Å². The first kappa shape index (κ1) is 8.45. The van der Waals surface area contributed by atoms with Crippen LogP contribution in [0.1, 0.15) is 0 Å². The van der Waals surface area contributed by atoms with E-state index >= 15 is 0 Å². The molecule has 2 amide bonds. The van der Waals surface area contributed by atoms with Gasteiger partial charge in [0.1, 0.15) is 0 Å². The molecule has 0 aliphatic heterocycles. The predicted molar refractivity (Wildman–Crippen MR) is 36.6 cm³/mol. The van der Waals surface area contributed by atoms with Gasteiger partial charge in [0, 0.05) is 0 Å². The molecule has 54 valence electrons. The SMILES string of the molecule is C[Si](C)(C)N(O)C(N)=O. The molecule has 0 aromatic rings. The molecule has 4 nitrogen and oxygen atoms in total. The maximum absolute atomic E-state index is 10.3. The summed E-state index contributed by atoms with van der Waals surface area (Å²) >= 11 is 0. The minimum absolute atomic E-state index is 0.632. The van der Waals surface area contributed by atoms with Crippen molar-refractivity contribution in [3.63, 3.8) is 0 Å². The number of amides is 2. The van der Waals surface area contributed by atoms with E-state index in [2.05, 4.69) is 0 Å². The summed E-state index contributed by atoms with van der Waals surface area (Å²) in [5.74, 6) is 0. The number of hydrogen-bond donors (Lipinski definition) is 2. The van der Waals surface area contributed by atoms with Gasteiger partial charge in [0.15, 0.2) is 8.24 Å². The molecular formula is C4H12N2O2Si. The second-order valence-electron chi connectivity index (χ2n) is 2.82. The van der Waals surface area contributed by atoms with Crippen LogP contribution in [0.3, 0.4) is 0 Å². The number of nitrogens with two attached hydrogens (primary N) is 1. The second kappa shape index (κ2) is 2.36. The zero-order chi connectivity index (χ0) is 7.65. The van der Waals surface area contributed by atoms with E-state index < -0.39 is 14.3 Å². The Morgan fingerprint density at radius 3 is 1.89 bits per heavy atom. The first-order chi connectivity index (χ1) is 3.85. The highest BCUT2D eigenvalue weighted by atomic mass is 28.3. The van der Waals surface area contributed by atoms with Crippen molar-refractivity contribution in [2.24, 2.45) is 5.73 Å². The highest BCUT2D eigenvalue weighted by Crippen LogP contribution is 2.04. The molecule has 0 heterocycles. The van der Waals surface area contributed by atoms with Gasteiger partial charge < -0.3 is 5.73 Å². The van der Waals surface area contributed by atoms with Crippen molar-refractivity contribution in [2.75, 3.05) is 0 Å². The van der Waals surface area contributed by atoms with Crippen LogP contribution in [0, 0.1) is 0 Å². The van der Waals surface area contributed by atoms with Crippen molar-refractivity contribution >= 4 is 14.3 Å². The molecule has 0 saturated heterocycles. The quantitative estimate of drug-likeness (QED) is 0.325. The van der Waals surface area contributed by atoms with E-state index in [1.807, 2.05) is 19.6 Å². The number of carbonyl (C=O) groups is 1. The second-order valence-corrected chi connectivity index (χ2v) is 7.59. The van der Waals surface area contributed by atoms with Gasteiger partial charge in [-0.2, -0.15) is 0 Å². The van der Waals surface area contributed by atoms with Crippen LogP contribution in [0.2, 0.25) is 19.6 Å². The first-order valence-electron chi connectivity index (χ1n) is 2.64. The van der Waals surface area contributed by atoms with Crippen molar-refractivity contribution < 1.29 is 10.0 Å². The van der Waals surface area contributed by atoms with Crippen LogP contribution >= 0.6 is 0 Å². The number of hydrogen-bond acceptors (Lipinski definition) is 2. The van der Waals surface area contributed by atoms with Crippen LogP contribution in [0.15, 0.2) is 0 Å². The lowest BCUT2D eigenvalue weighted by molar-refractivity contribution is 0.0344. The Kier molecular flexibility index (Phi) is 2.22. The van der Waals surface area contributed by atoms with E-state index in [0.29, 0.717) is 4.73 Å². The van der Waals surface area contributed by atoms with Gasteiger partial charge >= 0.3 is 6.03 Å². The van der Waals surface area contributed by atoms with E-state index in [1.165, 1.54) is 0 Å². The lowest BCUT2D eigenvalue weighted by Gasteiger charge is -2.24. The molecule has 0 radical (unpaired) electrons. The molecule has 0 fully saturated rings. The van der Waals surface area contributed by atoms with E-state index in [0.717, 1.165) is 0 Å². The molecule has 0 aromatic heterocycles. The van der Waals surface area contributed by atoms with Gasteiger partial charge in [-0.1, -0.05) is 0 Å². The van der Waals surface area contributed by atoms with E-state index in [4.69, 9.17) is 10.9 Å².